The van der Waals surface area contributed by atoms with Gasteiger partial charge in [0.2, 0.25) is 0 Å². The van der Waals surface area contributed by atoms with Gasteiger partial charge in [-0.3, -0.25) is 0 Å². The number of hydrogen-bond donors (Lipinski definition) is 2. The fourth-order valence-electron chi connectivity index (χ4n) is 0.949. The molecule has 15 heavy (non-hydrogen) atoms. The van der Waals surface area contributed by atoms with Crippen molar-refractivity contribution in [3.05, 3.63) is 24.3 Å². The van der Waals surface area contributed by atoms with Gasteiger partial charge in [0.05, 0.1) is 0 Å². The van der Waals surface area contributed by atoms with E-state index in [0.29, 0.717) is 4.35 Å². The molecule has 0 atom stereocenters. The summed E-state index contributed by atoms with van der Waals surface area (Å²) in [5, 5.41) is 8.49. The van der Waals surface area contributed by atoms with Crippen molar-refractivity contribution in [1.82, 2.24) is 4.72 Å². The van der Waals surface area contributed by atoms with Crippen LogP contribution in [0.15, 0.2) is 29.2 Å². The van der Waals surface area contributed by atoms with Gasteiger partial charge in [0.25, 0.3) is 0 Å². The SMILES string of the molecule is O=[As]c1ccc(S(=O)(=O)NCCO)cc1. The molecule has 0 unspecified atom stereocenters. The molecule has 0 aliphatic heterocycles. The normalized spacial score (nSPS) is 11.8. The number of aliphatic hydroxyl groups excluding tert-OH is 1. The predicted octanol–water partition coefficient (Wildman–Crippen LogP) is -1.37. The third-order valence-corrected chi connectivity index (χ3v) is 4.20. The van der Waals surface area contributed by atoms with E-state index >= 15 is 0 Å². The molecule has 0 amide bonds. The molecule has 0 saturated carbocycles. The van der Waals surface area contributed by atoms with Crippen molar-refractivity contribution < 1.29 is 17.3 Å². The predicted molar refractivity (Wildman–Crippen MR) is 54.8 cm³/mol. The molecule has 1 aromatic carbocycles. The van der Waals surface area contributed by atoms with Crippen LogP contribution < -0.4 is 9.07 Å². The molecule has 0 saturated heterocycles. The molecule has 0 spiro atoms. The van der Waals surface area contributed by atoms with Gasteiger partial charge in [-0.05, 0) is 0 Å². The second-order valence-electron chi connectivity index (χ2n) is 2.71. The van der Waals surface area contributed by atoms with Gasteiger partial charge < -0.3 is 0 Å². The first kappa shape index (κ1) is 12.5. The first-order chi connectivity index (χ1) is 7.10. The van der Waals surface area contributed by atoms with Crippen LogP contribution in [-0.4, -0.2) is 42.4 Å². The summed E-state index contributed by atoms with van der Waals surface area (Å²) < 4.78 is 36.4. The van der Waals surface area contributed by atoms with Crippen LogP contribution in [0.25, 0.3) is 0 Å². The van der Waals surface area contributed by atoms with Crippen LogP contribution in [0.4, 0.5) is 0 Å². The number of rotatable bonds is 5. The Balaban J connectivity index is 2.90. The standard InChI is InChI=1S/C8H10AsNO4S/c11-6-5-10-15(13,14)8-3-1-7(9-12)2-4-8/h1-4,10-11H,5-6H2. The van der Waals surface area contributed by atoms with Crippen molar-refractivity contribution in [2.75, 3.05) is 13.2 Å². The molecule has 0 fully saturated rings. The van der Waals surface area contributed by atoms with Crippen molar-refractivity contribution in [3.8, 4) is 0 Å². The van der Waals surface area contributed by atoms with Gasteiger partial charge in [0, 0.05) is 0 Å². The second kappa shape index (κ2) is 5.51. The summed E-state index contributed by atoms with van der Waals surface area (Å²) in [5.41, 5.74) is 0. The zero-order valence-electron chi connectivity index (χ0n) is 7.75. The zero-order valence-corrected chi connectivity index (χ0v) is 10.4. The number of benzene rings is 1. The molecule has 7 heteroatoms. The van der Waals surface area contributed by atoms with E-state index < -0.39 is 25.7 Å². The fraction of sp³-hybridized carbons (Fsp3) is 0.250. The van der Waals surface area contributed by atoms with Gasteiger partial charge in [0.15, 0.2) is 0 Å². The molecule has 1 rings (SSSR count). The minimum absolute atomic E-state index is 0.0163. The molecular formula is C8H10AsNO4S. The summed E-state index contributed by atoms with van der Waals surface area (Å²) in [6.45, 7) is -0.264. The summed E-state index contributed by atoms with van der Waals surface area (Å²) in [7, 11) is -3.55. The van der Waals surface area contributed by atoms with Crippen molar-refractivity contribution in [2.45, 2.75) is 4.90 Å². The molecule has 0 aliphatic carbocycles. The third-order valence-electron chi connectivity index (χ3n) is 1.66. The monoisotopic (exact) mass is 291 g/mol. The quantitative estimate of drug-likeness (QED) is 0.656. The van der Waals surface area contributed by atoms with E-state index in [1.165, 1.54) is 24.3 Å². The molecule has 0 heterocycles. The van der Waals surface area contributed by atoms with E-state index in [1.54, 1.807) is 0 Å². The molecule has 5 nitrogen and oxygen atoms in total. The fourth-order valence-corrected chi connectivity index (χ4v) is 2.54. The van der Waals surface area contributed by atoms with Gasteiger partial charge >= 0.3 is 94.4 Å². The van der Waals surface area contributed by atoms with Gasteiger partial charge in [-0.1, -0.05) is 0 Å². The topological polar surface area (TPSA) is 83.5 Å². The van der Waals surface area contributed by atoms with Crippen molar-refractivity contribution in [1.29, 1.82) is 0 Å². The van der Waals surface area contributed by atoms with E-state index in [2.05, 4.69) is 4.72 Å². The second-order valence-corrected chi connectivity index (χ2v) is 5.94. The maximum absolute atomic E-state index is 11.5. The van der Waals surface area contributed by atoms with Crippen LogP contribution in [0.1, 0.15) is 0 Å². The Bertz CT molecular complexity index is 428. The maximum atomic E-state index is 11.5. The van der Waals surface area contributed by atoms with Gasteiger partial charge in [-0.15, -0.1) is 0 Å². The Hall–Kier alpha value is -0.552. The molecule has 2 N–H and O–H groups in total. The average molecular weight is 291 g/mol. The number of sulfonamides is 1. The third kappa shape index (κ3) is 3.50. The van der Waals surface area contributed by atoms with Gasteiger partial charge in [-0.25, -0.2) is 0 Å². The first-order valence-electron chi connectivity index (χ1n) is 4.14. The van der Waals surface area contributed by atoms with E-state index in [0.717, 1.165) is 0 Å². The summed E-state index contributed by atoms with van der Waals surface area (Å²) in [5.74, 6) is 0. The Morgan fingerprint density at radius 3 is 2.33 bits per heavy atom. The van der Waals surface area contributed by atoms with E-state index in [1.807, 2.05) is 0 Å². The number of aliphatic hydroxyl groups is 1. The van der Waals surface area contributed by atoms with Crippen molar-refractivity contribution in [3.63, 3.8) is 0 Å². The minimum atomic E-state index is -3.55. The van der Waals surface area contributed by atoms with Gasteiger partial charge in [-0.2, -0.15) is 0 Å². The molecule has 1 aromatic rings. The van der Waals surface area contributed by atoms with Crippen LogP contribution >= 0.6 is 0 Å². The average Bonchev–Trinajstić information content (AvgIpc) is 2.26. The summed E-state index contributed by atoms with van der Waals surface area (Å²) >= 11 is -1.13. The van der Waals surface area contributed by atoms with Crippen LogP contribution in [0.2, 0.25) is 0 Å². The summed E-state index contributed by atoms with van der Waals surface area (Å²) in [6.07, 6.45) is 0. The van der Waals surface area contributed by atoms with Crippen molar-refractivity contribution >= 4 is 30.1 Å². The molecular weight excluding hydrogens is 281 g/mol. The van der Waals surface area contributed by atoms with Crippen LogP contribution in [-0.2, 0) is 13.8 Å². The van der Waals surface area contributed by atoms with Crippen LogP contribution in [0, 0.1) is 0 Å². The van der Waals surface area contributed by atoms with Crippen molar-refractivity contribution in [2.24, 2.45) is 0 Å². The van der Waals surface area contributed by atoms with E-state index in [9.17, 15) is 12.2 Å². The van der Waals surface area contributed by atoms with Crippen LogP contribution in [0.3, 0.4) is 0 Å². The molecule has 0 radical (unpaired) electrons. The number of hydrogen-bond acceptors (Lipinski definition) is 4. The van der Waals surface area contributed by atoms with Gasteiger partial charge in [0.1, 0.15) is 0 Å². The number of nitrogens with one attached hydrogen (secondary N) is 1. The molecule has 82 valence electrons. The molecule has 0 aliphatic rings. The molecule has 0 bridgehead atoms. The Kier molecular flexibility index (Phi) is 4.60. The van der Waals surface area contributed by atoms with E-state index in [4.69, 9.17) is 5.11 Å². The Morgan fingerprint density at radius 1 is 1.27 bits per heavy atom. The van der Waals surface area contributed by atoms with E-state index in [-0.39, 0.29) is 18.0 Å². The Morgan fingerprint density at radius 2 is 1.87 bits per heavy atom. The first-order valence-corrected chi connectivity index (χ1v) is 7.33. The zero-order chi connectivity index (χ0) is 11.3. The summed E-state index contributed by atoms with van der Waals surface area (Å²) in [4.78, 5) is 0.106. The summed E-state index contributed by atoms with van der Waals surface area (Å²) in [6, 6.07) is 5.81. The molecule has 0 aromatic heterocycles. The Labute approximate surface area is 94.5 Å². The van der Waals surface area contributed by atoms with Crippen LogP contribution in [0.5, 0.6) is 0 Å².